The molecule has 166 valence electrons. The number of methoxy groups -OCH3 is 1. The van der Waals surface area contributed by atoms with Gasteiger partial charge in [0.1, 0.15) is 5.75 Å². The van der Waals surface area contributed by atoms with Gasteiger partial charge in [-0.05, 0) is 31.5 Å². The highest BCUT2D eigenvalue weighted by Gasteiger charge is 2.19. The molecule has 0 saturated carbocycles. The predicted octanol–water partition coefficient (Wildman–Crippen LogP) is 1.04. The summed E-state index contributed by atoms with van der Waals surface area (Å²) in [6.07, 6.45) is 3.29. The van der Waals surface area contributed by atoms with Gasteiger partial charge in [-0.1, -0.05) is 12.1 Å². The number of hydrogen-bond donors (Lipinski definition) is 0. The van der Waals surface area contributed by atoms with E-state index >= 15 is 0 Å². The summed E-state index contributed by atoms with van der Waals surface area (Å²) >= 11 is 0. The first-order chi connectivity index (χ1) is 15.0. The molecule has 1 fully saturated rings. The Morgan fingerprint density at radius 3 is 2.45 bits per heavy atom. The number of nitrogens with zero attached hydrogens (tertiary/aromatic N) is 6. The van der Waals surface area contributed by atoms with Crippen LogP contribution in [0.25, 0.3) is 11.2 Å². The monoisotopic (exact) mass is 426 g/mol. The highest BCUT2D eigenvalue weighted by atomic mass is 16.5. The molecule has 1 aliphatic rings. The van der Waals surface area contributed by atoms with Crippen molar-refractivity contribution in [1.82, 2.24) is 23.6 Å². The molecular formula is C22H30N6O3. The van der Waals surface area contributed by atoms with Crippen LogP contribution >= 0.6 is 0 Å². The van der Waals surface area contributed by atoms with Crippen LogP contribution in [0.4, 0.5) is 5.69 Å². The van der Waals surface area contributed by atoms with Crippen molar-refractivity contribution in [3.63, 3.8) is 0 Å². The lowest BCUT2D eigenvalue weighted by Gasteiger charge is -2.36. The number of benzene rings is 1. The zero-order valence-electron chi connectivity index (χ0n) is 18.5. The zero-order valence-corrected chi connectivity index (χ0v) is 18.5. The van der Waals surface area contributed by atoms with E-state index in [0.717, 1.165) is 57.0 Å². The summed E-state index contributed by atoms with van der Waals surface area (Å²) in [5, 5.41) is 0. The van der Waals surface area contributed by atoms with Gasteiger partial charge in [-0.15, -0.1) is 0 Å². The molecule has 1 aliphatic heterocycles. The molecule has 1 saturated heterocycles. The van der Waals surface area contributed by atoms with Gasteiger partial charge in [0.2, 0.25) is 0 Å². The van der Waals surface area contributed by atoms with Crippen molar-refractivity contribution in [2.45, 2.75) is 19.4 Å². The van der Waals surface area contributed by atoms with Crippen molar-refractivity contribution in [2.75, 3.05) is 44.7 Å². The largest absolute Gasteiger partial charge is 0.495 e. The second-order valence-electron chi connectivity index (χ2n) is 8.03. The Morgan fingerprint density at radius 1 is 1.00 bits per heavy atom. The second-order valence-corrected chi connectivity index (χ2v) is 8.03. The number of aryl methyl sites for hydroxylation is 2. The smallest absolute Gasteiger partial charge is 0.332 e. The fourth-order valence-electron chi connectivity index (χ4n) is 4.30. The molecule has 1 aromatic carbocycles. The van der Waals surface area contributed by atoms with Crippen molar-refractivity contribution < 1.29 is 4.74 Å². The molecular weight excluding hydrogens is 396 g/mol. The number of anilines is 1. The molecule has 2 aromatic heterocycles. The summed E-state index contributed by atoms with van der Waals surface area (Å²) in [6.45, 7) is 5.27. The number of unbranched alkanes of at least 4 members (excludes halogenated alkanes) is 1. The molecule has 0 spiro atoms. The quantitative estimate of drug-likeness (QED) is 0.526. The van der Waals surface area contributed by atoms with Gasteiger partial charge in [0.05, 0.1) is 19.1 Å². The third-order valence-corrected chi connectivity index (χ3v) is 6.11. The predicted molar refractivity (Wildman–Crippen MR) is 121 cm³/mol. The van der Waals surface area contributed by atoms with Gasteiger partial charge in [0.15, 0.2) is 11.2 Å². The summed E-state index contributed by atoms with van der Waals surface area (Å²) in [5.41, 5.74) is 1.48. The molecule has 3 aromatic rings. The van der Waals surface area contributed by atoms with Crippen LogP contribution in [-0.2, 0) is 20.6 Å². The summed E-state index contributed by atoms with van der Waals surface area (Å²) in [6, 6.07) is 8.13. The lowest BCUT2D eigenvalue weighted by molar-refractivity contribution is 0.250. The summed E-state index contributed by atoms with van der Waals surface area (Å²) < 4.78 is 9.95. The Morgan fingerprint density at radius 2 is 1.71 bits per heavy atom. The number of para-hydroxylation sites is 2. The number of imidazole rings is 1. The Kier molecular flexibility index (Phi) is 6.13. The van der Waals surface area contributed by atoms with Gasteiger partial charge in [0, 0.05) is 46.8 Å². The van der Waals surface area contributed by atoms with E-state index in [9.17, 15) is 9.59 Å². The Labute approximate surface area is 181 Å². The Balaban J connectivity index is 1.31. The average molecular weight is 427 g/mol. The van der Waals surface area contributed by atoms with Crippen LogP contribution in [0.2, 0.25) is 0 Å². The van der Waals surface area contributed by atoms with Crippen LogP contribution in [0.1, 0.15) is 12.8 Å². The third-order valence-electron chi connectivity index (χ3n) is 6.11. The van der Waals surface area contributed by atoms with Crippen LogP contribution < -0.4 is 20.9 Å². The van der Waals surface area contributed by atoms with Crippen molar-refractivity contribution in [3.05, 3.63) is 51.4 Å². The number of ether oxygens (including phenoxy) is 1. The van der Waals surface area contributed by atoms with E-state index in [1.54, 1.807) is 32.1 Å². The molecule has 4 rings (SSSR count). The van der Waals surface area contributed by atoms with Crippen LogP contribution in [0.15, 0.2) is 40.2 Å². The van der Waals surface area contributed by atoms with Gasteiger partial charge < -0.3 is 14.2 Å². The lowest BCUT2D eigenvalue weighted by atomic mass is 10.2. The molecule has 0 radical (unpaired) electrons. The minimum absolute atomic E-state index is 0.261. The van der Waals surface area contributed by atoms with Crippen LogP contribution in [0.3, 0.4) is 0 Å². The molecule has 3 heterocycles. The lowest BCUT2D eigenvalue weighted by Crippen LogP contribution is -2.46. The van der Waals surface area contributed by atoms with E-state index in [1.807, 2.05) is 18.2 Å². The van der Waals surface area contributed by atoms with E-state index in [-0.39, 0.29) is 11.2 Å². The standard InChI is InChI=1S/C22H30N6O3/c1-24-16-23-20-19(24)21(29)28(22(30)25(20)2)11-7-6-10-26-12-14-27(15-13-26)17-8-4-5-9-18(17)31-3/h4-5,8-9,16H,6-7,10-15H2,1-3H3. The number of aromatic nitrogens is 4. The summed E-state index contributed by atoms with van der Waals surface area (Å²) in [7, 11) is 5.14. The van der Waals surface area contributed by atoms with Crippen molar-refractivity contribution in [1.29, 1.82) is 0 Å². The molecule has 0 N–H and O–H groups in total. The molecule has 9 nitrogen and oxygen atoms in total. The molecule has 9 heteroatoms. The number of rotatable bonds is 7. The molecule has 0 aliphatic carbocycles. The highest BCUT2D eigenvalue weighted by Crippen LogP contribution is 2.28. The van der Waals surface area contributed by atoms with Crippen molar-refractivity contribution in [3.8, 4) is 5.75 Å². The summed E-state index contributed by atoms with van der Waals surface area (Å²) in [4.78, 5) is 34.3. The van der Waals surface area contributed by atoms with E-state index in [0.29, 0.717) is 17.7 Å². The van der Waals surface area contributed by atoms with E-state index in [2.05, 4.69) is 20.9 Å². The molecule has 0 amide bonds. The first-order valence-electron chi connectivity index (χ1n) is 10.7. The average Bonchev–Trinajstić information content (AvgIpc) is 3.19. The van der Waals surface area contributed by atoms with Gasteiger partial charge in [-0.3, -0.25) is 18.8 Å². The maximum absolute atomic E-state index is 12.8. The van der Waals surface area contributed by atoms with Crippen LogP contribution in [0, 0.1) is 0 Å². The van der Waals surface area contributed by atoms with Gasteiger partial charge in [0.25, 0.3) is 5.56 Å². The second kappa shape index (κ2) is 8.97. The topological polar surface area (TPSA) is 77.5 Å². The summed E-state index contributed by atoms with van der Waals surface area (Å²) in [5.74, 6) is 0.911. The number of piperazine rings is 1. The van der Waals surface area contributed by atoms with Gasteiger partial charge in [-0.25, -0.2) is 9.78 Å². The fourth-order valence-corrected chi connectivity index (χ4v) is 4.30. The Hall–Kier alpha value is -3.07. The third kappa shape index (κ3) is 4.10. The number of fused-ring (bicyclic) bond motifs is 1. The van der Waals surface area contributed by atoms with E-state index in [1.165, 1.54) is 9.13 Å². The Bertz CT molecular complexity index is 1170. The molecule has 0 atom stereocenters. The normalized spacial score (nSPS) is 15.0. The van der Waals surface area contributed by atoms with E-state index < -0.39 is 0 Å². The minimum atomic E-state index is -0.304. The van der Waals surface area contributed by atoms with Crippen molar-refractivity contribution in [2.24, 2.45) is 14.1 Å². The highest BCUT2D eigenvalue weighted by molar-refractivity contribution is 5.69. The number of hydrogen-bond acceptors (Lipinski definition) is 6. The zero-order chi connectivity index (χ0) is 22.0. The van der Waals surface area contributed by atoms with Crippen molar-refractivity contribution >= 4 is 16.9 Å². The van der Waals surface area contributed by atoms with Crippen LogP contribution in [-0.4, -0.2) is 63.4 Å². The molecule has 0 unspecified atom stereocenters. The SMILES string of the molecule is COc1ccccc1N1CCN(CCCCn2c(=O)c3c(ncn3C)n(C)c2=O)CC1. The molecule has 0 bridgehead atoms. The fraction of sp³-hybridized carbons (Fsp3) is 0.500. The first-order valence-corrected chi connectivity index (χ1v) is 10.7. The van der Waals surface area contributed by atoms with Gasteiger partial charge >= 0.3 is 5.69 Å². The first kappa shape index (κ1) is 21.2. The molecule has 31 heavy (non-hydrogen) atoms. The maximum Gasteiger partial charge on any atom is 0.332 e. The van der Waals surface area contributed by atoms with E-state index in [4.69, 9.17) is 4.74 Å². The maximum atomic E-state index is 12.8. The van der Waals surface area contributed by atoms with Gasteiger partial charge in [-0.2, -0.15) is 0 Å². The minimum Gasteiger partial charge on any atom is -0.495 e. The van der Waals surface area contributed by atoms with Crippen LogP contribution in [0.5, 0.6) is 5.75 Å².